The van der Waals surface area contributed by atoms with Gasteiger partial charge < -0.3 is 15.3 Å². The third kappa shape index (κ3) is 2.94. The van der Waals surface area contributed by atoms with Gasteiger partial charge in [-0.2, -0.15) is 0 Å². The first-order valence-electron chi connectivity index (χ1n) is 6.86. The maximum atomic E-state index is 12.0. The molecule has 1 saturated heterocycles. The fourth-order valence-corrected chi connectivity index (χ4v) is 2.67. The van der Waals surface area contributed by atoms with Gasteiger partial charge in [-0.25, -0.2) is 4.79 Å². The Morgan fingerprint density at radius 3 is 2.28 bits per heavy atom. The fraction of sp³-hybridized carbons (Fsp3) is 0.846. The second kappa shape index (κ2) is 5.59. The first-order chi connectivity index (χ1) is 8.58. The van der Waals surface area contributed by atoms with Gasteiger partial charge in [0.25, 0.3) is 0 Å². The molecule has 0 bridgehead atoms. The van der Waals surface area contributed by atoms with Crippen molar-refractivity contribution in [3.05, 3.63) is 0 Å². The van der Waals surface area contributed by atoms with Crippen LogP contribution in [-0.2, 0) is 4.79 Å². The number of carbonyl (C=O) groups is 2. The number of amides is 2. The molecule has 2 aliphatic rings. The molecule has 1 aliphatic heterocycles. The molecule has 1 aliphatic carbocycles. The standard InChI is InChI=1S/C13H22N2O3/c1-9(10-3-2-4-10)14-13(18)15-7-5-11(6-8-15)12(16)17/h9-11H,2-8H2,1H3,(H,14,18)(H,16,17). The zero-order valence-electron chi connectivity index (χ0n) is 10.9. The van der Waals surface area contributed by atoms with E-state index in [2.05, 4.69) is 12.2 Å². The molecule has 0 radical (unpaired) electrons. The Bertz CT molecular complexity index is 320. The van der Waals surface area contributed by atoms with Crippen LogP contribution >= 0.6 is 0 Å². The van der Waals surface area contributed by atoms with Crippen molar-refractivity contribution in [2.45, 2.75) is 45.1 Å². The second-order valence-corrected chi connectivity index (χ2v) is 5.53. The van der Waals surface area contributed by atoms with Crippen LogP contribution in [0.15, 0.2) is 0 Å². The molecule has 102 valence electrons. The topological polar surface area (TPSA) is 69.6 Å². The molecule has 0 aromatic heterocycles. The molecule has 5 nitrogen and oxygen atoms in total. The zero-order valence-corrected chi connectivity index (χ0v) is 10.9. The zero-order chi connectivity index (χ0) is 13.1. The van der Waals surface area contributed by atoms with Crippen molar-refractivity contribution in [1.29, 1.82) is 0 Å². The SMILES string of the molecule is CC(NC(=O)N1CCC(C(=O)O)CC1)C1CCC1. The highest BCUT2D eigenvalue weighted by Crippen LogP contribution is 2.29. The summed E-state index contributed by atoms with van der Waals surface area (Å²) in [5.74, 6) is -0.387. The number of piperidine rings is 1. The van der Waals surface area contributed by atoms with Crippen LogP contribution in [0.5, 0.6) is 0 Å². The number of urea groups is 1. The van der Waals surface area contributed by atoms with Gasteiger partial charge in [0.2, 0.25) is 0 Å². The number of carboxylic acids is 1. The third-order valence-electron chi connectivity index (χ3n) is 4.34. The number of rotatable bonds is 3. The highest BCUT2D eigenvalue weighted by atomic mass is 16.4. The highest BCUT2D eigenvalue weighted by molar-refractivity contribution is 5.75. The van der Waals surface area contributed by atoms with E-state index in [9.17, 15) is 9.59 Å². The first kappa shape index (κ1) is 13.2. The quantitative estimate of drug-likeness (QED) is 0.805. The van der Waals surface area contributed by atoms with Gasteiger partial charge in [0.1, 0.15) is 0 Å². The van der Waals surface area contributed by atoms with Crippen LogP contribution in [0.1, 0.15) is 39.0 Å². The lowest BCUT2D eigenvalue weighted by Crippen LogP contribution is -2.50. The molecule has 1 heterocycles. The molecule has 0 spiro atoms. The second-order valence-electron chi connectivity index (χ2n) is 5.53. The molecule has 1 unspecified atom stereocenters. The number of likely N-dealkylation sites (tertiary alicyclic amines) is 1. The minimum absolute atomic E-state index is 0.0294. The Hall–Kier alpha value is -1.26. The number of hydrogen-bond acceptors (Lipinski definition) is 2. The van der Waals surface area contributed by atoms with Crippen molar-refractivity contribution in [3.63, 3.8) is 0 Å². The molecular formula is C13H22N2O3. The number of nitrogens with one attached hydrogen (secondary N) is 1. The van der Waals surface area contributed by atoms with Crippen LogP contribution < -0.4 is 5.32 Å². The van der Waals surface area contributed by atoms with Crippen molar-refractivity contribution in [1.82, 2.24) is 10.2 Å². The molecule has 0 aromatic carbocycles. The minimum atomic E-state index is -0.738. The molecule has 1 saturated carbocycles. The Balaban J connectivity index is 1.75. The predicted molar refractivity (Wildman–Crippen MR) is 67.3 cm³/mol. The van der Waals surface area contributed by atoms with Gasteiger partial charge in [-0.15, -0.1) is 0 Å². The summed E-state index contributed by atoms with van der Waals surface area (Å²) < 4.78 is 0. The third-order valence-corrected chi connectivity index (χ3v) is 4.34. The van der Waals surface area contributed by atoms with Crippen LogP contribution in [0.2, 0.25) is 0 Å². The van der Waals surface area contributed by atoms with Crippen molar-refractivity contribution >= 4 is 12.0 Å². The van der Waals surface area contributed by atoms with Crippen LogP contribution in [-0.4, -0.2) is 41.1 Å². The molecule has 5 heteroatoms. The summed E-state index contributed by atoms with van der Waals surface area (Å²) >= 11 is 0. The lowest BCUT2D eigenvalue weighted by atomic mass is 9.80. The van der Waals surface area contributed by atoms with E-state index in [4.69, 9.17) is 5.11 Å². The Morgan fingerprint density at radius 2 is 1.83 bits per heavy atom. The maximum absolute atomic E-state index is 12.0. The number of aliphatic carboxylic acids is 1. The number of hydrogen-bond donors (Lipinski definition) is 2. The van der Waals surface area contributed by atoms with E-state index in [-0.39, 0.29) is 18.0 Å². The van der Waals surface area contributed by atoms with E-state index >= 15 is 0 Å². The number of nitrogens with zero attached hydrogens (tertiary/aromatic N) is 1. The van der Waals surface area contributed by atoms with E-state index in [1.807, 2.05) is 0 Å². The van der Waals surface area contributed by atoms with Gasteiger partial charge in [0.15, 0.2) is 0 Å². The summed E-state index contributed by atoms with van der Waals surface area (Å²) in [6, 6.07) is 0.210. The normalized spacial score (nSPS) is 23.3. The summed E-state index contributed by atoms with van der Waals surface area (Å²) in [4.78, 5) is 24.6. The average Bonchev–Trinajstić information content (AvgIpc) is 2.26. The van der Waals surface area contributed by atoms with Crippen LogP contribution in [0.25, 0.3) is 0 Å². The van der Waals surface area contributed by atoms with Crippen molar-refractivity contribution in [2.24, 2.45) is 11.8 Å². The van der Waals surface area contributed by atoms with Crippen LogP contribution in [0, 0.1) is 11.8 Å². The summed E-state index contributed by atoms with van der Waals surface area (Å²) in [7, 11) is 0. The van der Waals surface area contributed by atoms with E-state index < -0.39 is 5.97 Å². The van der Waals surface area contributed by atoms with Crippen LogP contribution in [0.4, 0.5) is 4.79 Å². The van der Waals surface area contributed by atoms with Gasteiger partial charge in [-0.05, 0) is 38.5 Å². The summed E-state index contributed by atoms with van der Waals surface area (Å²) in [6.07, 6.45) is 4.83. The first-order valence-corrected chi connectivity index (χ1v) is 6.86. The Kier molecular flexibility index (Phi) is 4.09. The smallest absolute Gasteiger partial charge is 0.317 e. The van der Waals surface area contributed by atoms with Crippen LogP contribution in [0.3, 0.4) is 0 Å². The molecule has 0 aromatic rings. The lowest BCUT2D eigenvalue weighted by molar-refractivity contribution is -0.143. The van der Waals surface area contributed by atoms with Gasteiger partial charge in [-0.1, -0.05) is 6.42 Å². The molecular weight excluding hydrogens is 232 g/mol. The molecule has 2 rings (SSSR count). The summed E-state index contributed by atoms with van der Waals surface area (Å²) in [6.45, 7) is 3.17. The minimum Gasteiger partial charge on any atom is -0.481 e. The Labute approximate surface area is 108 Å². The van der Waals surface area contributed by atoms with E-state index in [1.165, 1.54) is 19.3 Å². The predicted octanol–water partition coefficient (Wildman–Crippen LogP) is 1.68. The maximum Gasteiger partial charge on any atom is 0.317 e. The van der Waals surface area contributed by atoms with Crippen molar-refractivity contribution in [2.75, 3.05) is 13.1 Å². The number of carbonyl (C=O) groups excluding carboxylic acids is 1. The van der Waals surface area contributed by atoms with E-state index in [1.54, 1.807) is 4.90 Å². The Morgan fingerprint density at radius 1 is 1.22 bits per heavy atom. The monoisotopic (exact) mass is 254 g/mol. The molecule has 1 atom stereocenters. The fourth-order valence-electron chi connectivity index (χ4n) is 2.67. The number of carboxylic acid groups (broad SMARTS) is 1. The summed E-state index contributed by atoms with van der Waals surface area (Å²) in [5, 5.41) is 11.9. The van der Waals surface area contributed by atoms with Crippen molar-refractivity contribution in [3.8, 4) is 0 Å². The molecule has 2 amide bonds. The molecule has 2 N–H and O–H groups in total. The molecule has 2 fully saturated rings. The van der Waals surface area contributed by atoms with Gasteiger partial charge in [-0.3, -0.25) is 4.79 Å². The van der Waals surface area contributed by atoms with E-state index in [0.29, 0.717) is 31.8 Å². The molecule has 18 heavy (non-hydrogen) atoms. The lowest BCUT2D eigenvalue weighted by Gasteiger charge is -2.35. The van der Waals surface area contributed by atoms with Gasteiger partial charge >= 0.3 is 12.0 Å². The van der Waals surface area contributed by atoms with Crippen molar-refractivity contribution < 1.29 is 14.7 Å². The van der Waals surface area contributed by atoms with E-state index in [0.717, 1.165) is 0 Å². The van der Waals surface area contributed by atoms with Gasteiger partial charge in [0.05, 0.1) is 5.92 Å². The highest BCUT2D eigenvalue weighted by Gasteiger charge is 2.29. The van der Waals surface area contributed by atoms with Gasteiger partial charge in [0, 0.05) is 19.1 Å². The summed E-state index contributed by atoms with van der Waals surface area (Å²) in [5.41, 5.74) is 0. The average molecular weight is 254 g/mol. The largest absolute Gasteiger partial charge is 0.481 e.